The van der Waals surface area contributed by atoms with Crippen LogP contribution in [0.4, 0.5) is 0 Å². The minimum atomic E-state index is -0.197. The van der Waals surface area contributed by atoms with Crippen LogP contribution in [0, 0.1) is 0 Å². The maximum absolute atomic E-state index is 13.1. The fourth-order valence-electron chi connectivity index (χ4n) is 2.83. The molecule has 0 saturated heterocycles. The Balaban J connectivity index is 1.78. The van der Waals surface area contributed by atoms with Gasteiger partial charge in [0.1, 0.15) is 11.5 Å². The highest BCUT2D eigenvalue weighted by atomic mass is 35.5. The number of carbonyl (C=O) groups is 1. The summed E-state index contributed by atoms with van der Waals surface area (Å²) in [6, 6.07) is 17.6. The van der Waals surface area contributed by atoms with Crippen LogP contribution in [0.25, 0.3) is 22.6 Å². The van der Waals surface area contributed by atoms with Crippen LogP contribution in [-0.4, -0.2) is 5.78 Å². The quantitative estimate of drug-likeness (QED) is 0.366. The highest BCUT2D eigenvalue weighted by Gasteiger charge is 2.23. The second kappa shape index (κ2) is 6.87. The van der Waals surface area contributed by atoms with E-state index in [1.165, 1.54) is 12.5 Å². The molecule has 0 radical (unpaired) electrons. The first-order valence-electron chi connectivity index (χ1n) is 7.85. The summed E-state index contributed by atoms with van der Waals surface area (Å²) in [5.41, 5.74) is 2.35. The summed E-state index contributed by atoms with van der Waals surface area (Å²) >= 11 is 12.1. The standard InChI is InChI=1S/C21H12Cl2O3/c22-15-5-1-3-13(11-15)20-17(7-9-25-20)19(24)18-8-10-26-21(18)14-4-2-6-16(23)12-14/h1-12H. The van der Waals surface area contributed by atoms with Crippen molar-refractivity contribution in [1.29, 1.82) is 0 Å². The van der Waals surface area contributed by atoms with Gasteiger partial charge in [-0.15, -0.1) is 0 Å². The second-order valence-electron chi connectivity index (χ2n) is 5.68. The van der Waals surface area contributed by atoms with Gasteiger partial charge in [-0.05, 0) is 36.4 Å². The predicted molar refractivity (Wildman–Crippen MR) is 102 cm³/mol. The molecule has 26 heavy (non-hydrogen) atoms. The number of halogens is 2. The Morgan fingerprint density at radius 1 is 0.692 bits per heavy atom. The van der Waals surface area contributed by atoms with Gasteiger partial charge in [-0.25, -0.2) is 0 Å². The van der Waals surface area contributed by atoms with Gasteiger partial charge in [-0.2, -0.15) is 0 Å². The van der Waals surface area contributed by atoms with Gasteiger partial charge in [0, 0.05) is 21.2 Å². The van der Waals surface area contributed by atoms with Crippen LogP contribution in [0.5, 0.6) is 0 Å². The highest BCUT2D eigenvalue weighted by molar-refractivity contribution is 6.31. The third kappa shape index (κ3) is 3.07. The molecule has 0 aliphatic rings. The lowest BCUT2D eigenvalue weighted by Gasteiger charge is -2.05. The average molecular weight is 383 g/mol. The third-order valence-electron chi connectivity index (χ3n) is 3.99. The molecule has 5 heteroatoms. The van der Waals surface area contributed by atoms with Crippen molar-refractivity contribution in [2.75, 3.05) is 0 Å². The molecule has 0 aliphatic carbocycles. The highest BCUT2D eigenvalue weighted by Crippen LogP contribution is 2.33. The zero-order chi connectivity index (χ0) is 18.1. The summed E-state index contributed by atoms with van der Waals surface area (Å²) in [5.74, 6) is 0.740. The van der Waals surface area contributed by atoms with Crippen molar-refractivity contribution in [2.24, 2.45) is 0 Å². The molecule has 0 amide bonds. The van der Waals surface area contributed by atoms with Crippen LogP contribution < -0.4 is 0 Å². The largest absolute Gasteiger partial charge is 0.464 e. The van der Waals surface area contributed by atoms with Gasteiger partial charge < -0.3 is 8.83 Å². The Morgan fingerprint density at radius 3 is 1.58 bits per heavy atom. The molecule has 3 nitrogen and oxygen atoms in total. The van der Waals surface area contributed by atoms with E-state index in [2.05, 4.69) is 0 Å². The van der Waals surface area contributed by atoms with E-state index in [1.54, 1.807) is 36.4 Å². The molecule has 2 aromatic heterocycles. The summed E-state index contributed by atoms with van der Waals surface area (Å²) in [6.07, 6.45) is 2.98. The molecule has 0 saturated carbocycles. The van der Waals surface area contributed by atoms with E-state index in [0.29, 0.717) is 32.7 Å². The number of hydrogen-bond donors (Lipinski definition) is 0. The minimum absolute atomic E-state index is 0.197. The van der Waals surface area contributed by atoms with Gasteiger partial charge in [0.25, 0.3) is 0 Å². The molecule has 2 heterocycles. The maximum atomic E-state index is 13.1. The molecule has 0 spiro atoms. The molecule has 4 rings (SSSR count). The SMILES string of the molecule is O=C(c1ccoc1-c1cccc(Cl)c1)c1ccoc1-c1cccc(Cl)c1. The van der Waals surface area contributed by atoms with Crippen LogP contribution >= 0.6 is 23.2 Å². The van der Waals surface area contributed by atoms with Crippen molar-refractivity contribution < 1.29 is 13.6 Å². The molecule has 4 aromatic rings. The van der Waals surface area contributed by atoms with Crippen molar-refractivity contribution in [3.05, 3.63) is 94.4 Å². The summed E-state index contributed by atoms with van der Waals surface area (Å²) < 4.78 is 11.1. The van der Waals surface area contributed by atoms with E-state index < -0.39 is 0 Å². The van der Waals surface area contributed by atoms with Gasteiger partial charge >= 0.3 is 0 Å². The van der Waals surface area contributed by atoms with Crippen LogP contribution in [0.3, 0.4) is 0 Å². The lowest BCUT2D eigenvalue weighted by Crippen LogP contribution is -2.02. The molecule has 0 unspecified atom stereocenters. The fourth-order valence-corrected chi connectivity index (χ4v) is 3.21. The van der Waals surface area contributed by atoms with Gasteiger partial charge in [0.2, 0.25) is 5.78 Å². The summed E-state index contributed by atoms with van der Waals surface area (Å²) in [5, 5.41) is 1.14. The number of carbonyl (C=O) groups excluding carboxylic acids is 1. The molecule has 2 aromatic carbocycles. The monoisotopic (exact) mass is 382 g/mol. The van der Waals surface area contributed by atoms with E-state index in [9.17, 15) is 4.79 Å². The van der Waals surface area contributed by atoms with Gasteiger partial charge in [-0.1, -0.05) is 47.5 Å². The normalized spacial score (nSPS) is 10.8. The molecule has 0 atom stereocenters. The first kappa shape index (κ1) is 16.7. The predicted octanol–water partition coefficient (Wildman–Crippen LogP) is 6.74. The second-order valence-corrected chi connectivity index (χ2v) is 6.55. The molecular formula is C21H12Cl2O3. The van der Waals surface area contributed by atoms with Crippen LogP contribution in [0.2, 0.25) is 10.0 Å². The third-order valence-corrected chi connectivity index (χ3v) is 4.46. The number of ketones is 1. The number of furan rings is 2. The van der Waals surface area contributed by atoms with Gasteiger partial charge in [0.05, 0.1) is 23.7 Å². The molecule has 0 N–H and O–H groups in total. The summed E-state index contributed by atoms with van der Waals surface area (Å²) in [4.78, 5) is 13.1. The Hall–Kier alpha value is -2.75. The smallest absolute Gasteiger partial charge is 0.200 e. The number of hydrogen-bond acceptors (Lipinski definition) is 3. The zero-order valence-corrected chi connectivity index (χ0v) is 14.9. The fraction of sp³-hybridized carbons (Fsp3) is 0. The Bertz CT molecular complexity index is 1010. The molecule has 0 fully saturated rings. The van der Waals surface area contributed by atoms with Gasteiger partial charge in [-0.3, -0.25) is 4.79 Å². The van der Waals surface area contributed by atoms with Crippen molar-refractivity contribution >= 4 is 29.0 Å². The first-order chi connectivity index (χ1) is 12.6. The van der Waals surface area contributed by atoms with Crippen molar-refractivity contribution in [3.63, 3.8) is 0 Å². The minimum Gasteiger partial charge on any atom is -0.464 e. The topological polar surface area (TPSA) is 43.4 Å². The van der Waals surface area contributed by atoms with E-state index in [-0.39, 0.29) is 5.78 Å². The van der Waals surface area contributed by atoms with Crippen LogP contribution in [0.1, 0.15) is 15.9 Å². The number of rotatable bonds is 4. The van der Waals surface area contributed by atoms with Crippen molar-refractivity contribution in [2.45, 2.75) is 0 Å². The summed E-state index contributed by atoms with van der Waals surface area (Å²) in [7, 11) is 0. The number of benzene rings is 2. The molecular weight excluding hydrogens is 371 g/mol. The van der Waals surface area contributed by atoms with E-state index in [0.717, 1.165) is 11.1 Å². The Kier molecular flexibility index (Phi) is 4.41. The molecule has 128 valence electrons. The van der Waals surface area contributed by atoms with E-state index in [1.807, 2.05) is 24.3 Å². The van der Waals surface area contributed by atoms with Crippen molar-refractivity contribution in [1.82, 2.24) is 0 Å². The van der Waals surface area contributed by atoms with Gasteiger partial charge in [0.15, 0.2) is 0 Å². The Morgan fingerprint density at radius 2 is 1.15 bits per heavy atom. The average Bonchev–Trinajstić information content (AvgIpc) is 3.31. The molecule has 0 bridgehead atoms. The Labute approximate surface area is 159 Å². The lowest BCUT2D eigenvalue weighted by molar-refractivity contribution is 0.103. The van der Waals surface area contributed by atoms with Crippen LogP contribution in [-0.2, 0) is 0 Å². The van der Waals surface area contributed by atoms with Crippen LogP contribution in [0.15, 0.2) is 82.0 Å². The zero-order valence-electron chi connectivity index (χ0n) is 13.4. The summed E-state index contributed by atoms with van der Waals surface area (Å²) in [6.45, 7) is 0. The van der Waals surface area contributed by atoms with E-state index in [4.69, 9.17) is 32.0 Å². The lowest BCUT2D eigenvalue weighted by atomic mass is 9.98. The van der Waals surface area contributed by atoms with E-state index >= 15 is 0 Å². The molecule has 0 aliphatic heterocycles. The van der Waals surface area contributed by atoms with Crippen molar-refractivity contribution in [3.8, 4) is 22.6 Å². The first-order valence-corrected chi connectivity index (χ1v) is 8.60. The maximum Gasteiger partial charge on any atom is 0.200 e.